The van der Waals surface area contributed by atoms with E-state index in [0.29, 0.717) is 11.2 Å². The van der Waals surface area contributed by atoms with Crippen molar-refractivity contribution < 1.29 is 5.21 Å². The van der Waals surface area contributed by atoms with Gasteiger partial charge < -0.3 is 10.9 Å². The van der Waals surface area contributed by atoms with Crippen molar-refractivity contribution in [2.75, 3.05) is 0 Å². The maximum absolute atomic E-state index is 8.63. The fraction of sp³-hybridized carbons (Fsp3) is 0.462. The van der Waals surface area contributed by atoms with Crippen LogP contribution in [0.3, 0.4) is 0 Å². The van der Waals surface area contributed by atoms with Crippen molar-refractivity contribution in [2.24, 2.45) is 16.8 Å². The Labute approximate surface area is 107 Å². The van der Waals surface area contributed by atoms with Gasteiger partial charge in [-0.05, 0) is 17.5 Å². The highest BCUT2D eigenvalue weighted by Crippen LogP contribution is 2.23. The Morgan fingerprint density at radius 3 is 2.71 bits per heavy atom. The largest absolute Gasteiger partial charge is 0.409 e. The smallest absolute Gasteiger partial charge is 0.170 e. The lowest BCUT2D eigenvalue weighted by Gasteiger charge is -2.15. The lowest BCUT2D eigenvalue weighted by atomic mass is 10.1. The molecule has 1 unspecified atom stereocenters. The van der Waals surface area contributed by atoms with E-state index in [0.717, 1.165) is 11.3 Å². The van der Waals surface area contributed by atoms with Gasteiger partial charge in [0.15, 0.2) is 5.84 Å². The van der Waals surface area contributed by atoms with Crippen molar-refractivity contribution in [3.63, 3.8) is 0 Å². The van der Waals surface area contributed by atoms with Crippen LogP contribution in [0.5, 0.6) is 0 Å². The minimum atomic E-state index is 0.161. The summed E-state index contributed by atoms with van der Waals surface area (Å²) in [4.78, 5) is 0. The van der Waals surface area contributed by atoms with Crippen molar-refractivity contribution in [3.05, 3.63) is 35.4 Å². The third-order valence-electron chi connectivity index (χ3n) is 2.78. The van der Waals surface area contributed by atoms with Crippen LogP contribution in [0.1, 0.15) is 31.9 Å². The third kappa shape index (κ3) is 4.30. The van der Waals surface area contributed by atoms with E-state index < -0.39 is 0 Å². The van der Waals surface area contributed by atoms with E-state index in [1.54, 1.807) is 0 Å². The molecule has 1 aromatic carbocycles. The van der Waals surface area contributed by atoms with Crippen LogP contribution in [-0.2, 0) is 5.75 Å². The first-order valence-electron chi connectivity index (χ1n) is 5.73. The summed E-state index contributed by atoms with van der Waals surface area (Å²) in [5, 5.41) is 12.3. The third-order valence-corrected chi connectivity index (χ3v) is 4.35. The Hall–Kier alpha value is -1.16. The van der Waals surface area contributed by atoms with Crippen LogP contribution >= 0.6 is 11.8 Å². The van der Waals surface area contributed by atoms with Crippen molar-refractivity contribution in [1.82, 2.24) is 0 Å². The molecular formula is C13H20N2OS. The minimum absolute atomic E-state index is 0.161. The van der Waals surface area contributed by atoms with E-state index in [1.165, 1.54) is 5.56 Å². The molecule has 1 aromatic rings. The highest BCUT2D eigenvalue weighted by molar-refractivity contribution is 7.99. The first-order valence-corrected chi connectivity index (χ1v) is 6.78. The molecular weight excluding hydrogens is 232 g/mol. The van der Waals surface area contributed by atoms with Crippen LogP contribution in [0, 0.1) is 5.92 Å². The SMILES string of the molecule is CC(C)C(C)SCc1cccc(/C(N)=N/O)c1. The van der Waals surface area contributed by atoms with Crippen molar-refractivity contribution in [2.45, 2.75) is 31.8 Å². The maximum atomic E-state index is 8.63. The second-order valence-corrected chi connectivity index (χ2v) is 5.81. The van der Waals surface area contributed by atoms with Gasteiger partial charge in [-0.3, -0.25) is 0 Å². The number of amidine groups is 1. The second-order valence-electron chi connectivity index (χ2n) is 4.45. The van der Waals surface area contributed by atoms with Crippen molar-refractivity contribution in [3.8, 4) is 0 Å². The zero-order valence-electron chi connectivity index (χ0n) is 10.6. The van der Waals surface area contributed by atoms with Gasteiger partial charge in [-0.2, -0.15) is 11.8 Å². The van der Waals surface area contributed by atoms with Gasteiger partial charge in [-0.25, -0.2) is 0 Å². The highest BCUT2D eigenvalue weighted by Gasteiger charge is 2.08. The van der Waals surface area contributed by atoms with Crippen molar-refractivity contribution in [1.29, 1.82) is 0 Å². The number of benzene rings is 1. The van der Waals surface area contributed by atoms with Gasteiger partial charge in [-0.15, -0.1) is 0 Å². The van der Waals surface area contributed by atoms with Gasteiger partial charge in [0.25, 0.3) is 0 Å². The summed E-state index contributed by atoms with van der Waals surface area (Å²) < 4.78 is 0. The van der Waals surface area contributed by atoms with Crippen LogP contribution in [-0.4, -0.2) is 16.3 Å². The van der Waals surface area contributed by atoms with Crippen LogP contribution in [0.4, 0.5) is 0 Å². The molecule has 0 fully saturated rings. The molecule has 0 aliphatic heterocycles. The minimum Gasteiger partial charge on any atom is -0.409 e. The average molecular weight is 252 g/mol. The molecule has 0 spiro atoms. The predicted octanol–water partition coefficient (Wildman–Crippen LogP) is 3.06. The number of nitrogens with two attached hydrogens (primary N) is 1. The molecule has 94 valence electrons. The van der Waals surface area contributed by atoms with Crippen LogP contribution in [0.25, 0.3) is 0 Å². The summed E-state index contributed by atoms with van der Waals surface area (Å²) in [6, 6.07) is 7.81. The Morgan fingerprint density at radius 2 is 2.12 bits per heavy atom. The lowest BCUT2D eigenvalue weighted by Crippen LogP contribution is -2.13. The number of rotatable bonds is 5. The Bertz CT molecular complexity index is 391. The van der Waals surface area contributed by atoms with Gasteiger partial charge in [0.1, 0.15) is 0 Å². The molecule has 4 heteroatoms. The fourth-order valence-electron chi connectivity index (χ4n) is 1.30. The molecule has 0 heterocycles. The Balaban J connectivity index is 2.66. The van der Waals surface area contributed by atoms with Crippen molar-refractivity contribution >= 4 is 17.6 Å². The van der Waals surface area contributed by atoms with Gasteiger partial charge in [0, 0.05) is 16.6 Å². The summed E-state index contributed by atoms with van der Waals surface area (Å²) in [6.07, 6.45) is 0. The van der Waals surface area contributed by atoms with Crippen LogP contribution < -0.4 is 5.73 Å². The molecule has 1 rings (SSSR count). The second kappa shape index (κ2) is 6.55. The topological polar surface area (TPSA) is 58.6 Å². The lowest BCUT2D eigenvalue weighted by molar-refractivity contribution is 0.318. The summed E-state index contributed by atoms with van der Waals surface area (Å²) in [5.74, 6) is 1.78. The maximum Gasteiger partial charge on any atom is 0.170 e. The number of thioether (sulfide) groups is 1. The number of hydrogen-bond acceptors (Lipinski definition) is 3. The standard InChI is InChI=1S/C13H20N2OS/c1-9(2)10(3)17-8-11-5-4-6-12(7-11)13(14)15-16/h4-7,9-10,16H,8H2,1-3H3,(H2,14,15). The molecule has 0 saturated carbocycles. The van der Waals surface area contributed by atoms with Gasteiger partial charge in [-0.1, -0.05) is 44.1 Å². The summed E-state index contributed by atoms with van der Waals surface area (Å²) in [5.41, 5.74) is 7.53. The highest BCUT2D eigenvalue weighted by atomic mass is 32.2. The first kappa shape index (κ1) is 13.9. The molecule has 3 nitrogen and oxygen atoms in total. The van der Waals surface area contributed by atoms with E-state index in [4.69, 9.17) is 10.9 Å². The molecule has 0 aliphatic rings. The summed E-state index contributed by atoms with van der Waals surface area (Å²) in [6.45, 7) is 6.69. The van der Waals surface area contributed by atoms with Gasteiger partial charge in [0.05, 0.1) is 0 Å². The number of hydrogen-bond donors (Lipinski definition) is 2. The van der Waals surface area contributed by atoms with Gasteiger partial charge in [0.2, 0.25) is 0 Å². The molecule has 0 amide bonds. The zero-order chi connectivity index (χ0) is 12.8. The van der Waals surface area contributed by atoms with E-state index in [1.807, 2.05) is 30.0 Å². The molecule has 0 bridgehead atoms. The molecule has 0 saturated heterocycles. The summed E-state index contributed by atoms with van der Waals surface area (Å²) >= 11 is 1.92. The zero-order valence-corrected chi connectivity index (χ0v) is 11.4. The van der Waals surface area contributed by atoms with E-state index in [2.05, 4.69) is 32.0 Å². The first-order chi connectivity index (χ1) is 8.04. The van der Waals surface area contributed by atoms with Crippen LogP contribution in [0.2, 0.25) is 0 Å². The van der Waals surface area contributed by atoms with Gasteiger partial charge >= 0.3 is 0 Å². The van der Waals surface area contributed by atoms with E-state index in [-0.39, 0.29) is 5.84 Å². The molecule has 0 aliphatic carbocycles. The van der Waals surface area contributed by atoms with Crippen LogP contribution in [0.15, 0.2) is 29.4 Å². The number of nitrogens with zero attached hydrogens (tertiary/aromatic N) is 1. The molecule has 17 heavy (non-hydrogen) atoms. The molecule has 3 N–H and O–H groups in total. The molecule has 1 atom stereocenters. The normalized spacial score (nSPS) is 14.0. The van der Waals surface area contributed by atoms with E-state index >= 15 is 0 Å². The fourth-order valence-corrected chi connectivity index (χ4v) is 2.32. The summed E-state index contributed by atoms with van der Waals surface area (Å²) in [7, 11) is 0. The number of oxime groups is 1. The van der Waals surface area contributed by atoms with E-state index in [9.17, 15) is 0 Å². The Morgan fingerprint density at radius 1 is 1.41 bits per heavy atom. The average Bonchev–Trinajstić information content (AvgIpc) is 2.35. The Kier molecular flexibility index (Phi) is 5.35. The molecule has 0 aromatic heterocycles. The predicted molar refractivity (Wildman–Crippen MR) is 74.5 cm³/mol. The quantitative estimate of drug-likeness (QED) is 0.366. The monoisotopic (exact) mass is 252 g/mol. The molecule has 0 radical (unpaired) electrons.